The number of oxime groups is 1. The molecule has 2 aliphatic rings. The van der Waals surface area contributed by atoms with Gasteiger partial charge < -0.3 is 30.3 Å². The number of β-lactam (4-membered cyclic amide) rings is 1. The van der Waals surface area contributed by atoms with Crippen molar-refractivity contribution in [1.29, 1.82) is 0 Å². The lowest BCUT2D eigenvalue weighted by Gasteiger charge is -2.53. The molecule has 0 aliphatic carbocycles. The van der Waals surface area contributed by atoms with Gasteiger partial charge >= 0.3 is 11.9 Å². The van der Waals surface area contributed by atoms with Crippen LogP contribution in [0.25, 0.3) is 0 Å². The zero-order valence-corrected chi connectivity index (χ0v) is 22.2. The number of hydrogen-bond donors (Lipinski definition) is 2. The van der Waals surface area contributed by atoms with Crippen molar-refractivity contribution in [2.75, 3.05) is 31.9 Å². The topological polar surface area (TPSA) is 163 Å². The molecule has 2 saturated heterocycles. The lowest BCUT2D eigenvalue weighted by molar-refractivity contribution is -0.178. The second kappa shape index (κ2) is 10.9. The fraction of sp³-hybridized carbons (Fsp3) is 0.545. The predicted octanol–water partition coefficient (Wildman–Crippen LogP) is 1.13. The van der Waals surface area contributed by atoms with E-state index in [4.69, 9.17) is 20.0 Å². The number of thioether (sulfide) groups is 1. The lowest BCUT2D eigenvalue weighted by atomic mass is 9.86. The van der Waals surface area contributed by atoms with Gasteiger partial charge in [0.25, 0.3) is 5.91 Å². The van der Waals surface area contributed by atoms with Crippen molar-refractivity contribution in [3.63, 3.8) is 0 Å². The maximum Gasteiger partial charge on any atom is 0.321 e. The van der Waals surface area contributed by atoms with Gasteiger partial charge in [0.15, 0.2) is 10.8 Å². The van der Waals surface area contributed by atoms with Crippen LogP contribution in [0.4, 0.5) is 5.13 Å². The Morgan fingerprint density at radius 3 is 2.67 bits per heavy atom. The number of nitrogen functional groups attached to an aromatic ring is 1. The van der Waals surface area contributed by atoms with E-state index in [9.17, 15) is 19.2 Å². The normalized spacial score (nSPS) is 24.1. The number of aromatic nitrogens is 1. The summed E-state index contributed by atoms with van der Waals surface area (Å²) in [6.45, 7) is 6.38. The third-order valence-electron chi connectivity index (χ3n) is 5.44. The predicted molar refractivity (Wildman–Crippen MR) is 134 cm³/mol. The molecule has 3 heterocycles. The monoisotopic (exact) mass is 539 g/mol. The van der Waals surface area contributed by atoms with Gasteiger partial charge in [0.2, 0.25) is 12.7 Å². The highest BCUT2D eigenvalue weighted by molar-refractivity contribution is 8.00. The molecule has 0 aromatic carbocycles. The largest absolute Gasteiger partial charge is 0.427 e. The maximum atomic E-state index is 13.0. The first-order valence-corrected chi connectivity index (χ1v) is 12.9. The Labute approximate surface area is 216 Å². The van der Waals surface area contributed by atoms with Crippen molar-refractivity contribution in [1.82, 2.24) is 15.2 Å². The Hall–Kier alpha value is -3.13. The molecule has 3 rings (SSSR count). The van der Waals surface area contributed by atoms with E-state index in [0.717, 1.165) is 11.3 Å². The number of rotatable bonds is 8. The Kier molecular flexibility index (Phi) is 8.29. The molecule has 0 spiro atoms. The van der Waals surface area contributed by atoms with Crippen LogP contribution in [0.2, 0.25) is 0 Å². The average molecular weight is 540 g/mol. The summed E-state index contributed by atoms with van der Waals surface area (Å²) in [6, 6.07) is -0.812. The van der Waals surface area contributed by atoms with Gasteiger partial charge in [-0.1, -0.05) is 17.3 Å². The third-order valence-corrected chi connectivity index (χ3v) is 7.66. The average Bonchev–Trinajstić information content (AvgIpc) is 3.25. The van der Waals surface area contributed by atoms with E-state index in [1.54, 1.807) is 45.2 Å². The number of nitrogens with zero attached hydrogens (tertiary/aromatic N) is 3. The molecular formula is C22H29N5O7S2. The number of nitrogens with one attached hydrogen (secondary N) is 1. The van der Waals surface area contributed by atoms with Gasteiger partial charge in [-0.25, -0.2) is 4.98 Å². The van der Waals surface area contributed by atoms with Crippen molar-refractivity contribution in [2.45, 2.75) is 39.1 Å². The van der Waals surface area contributed by atoms with E-state index < -0.39 is 41.5 Å². The summed E-state index contributed by atoms with van der Waals surface area (Å²) in [4.78, 5) is 61.0. The molecule has 3 N–H and O–H groups in total. The summed E-state index contributed by atoms with van der Waals surface area (Å²) in [5.41, 5.74) is 3.93. The van der Waals surface area contributed by atoms with Crippen LogP contribution in [0.1, 0.15) is 33.4 Å². The molecule has 3 atom stereocenters. The van der Waals surface area contributed by atoms with Crippen LogP contribution in [0.15, 0.2) is 22.7 Å². The van der Waals surface area contributed by atoms with Crippen LogP contribution < -0.4 is 11.1 Å². The fourth-order valence-corrected chi connectivity index (χ4v) is 5.66. The molecule has 14 heteroatoms. The number of allylic oxidation sites excluding steroid dienone is 1. The van der Waals surface area contributed by atoms with Crippen LogP contribution in [0.3, 0.4) is 0 Å². The first kappa shape index (κ1) is 27.5. The molecule has 1 aromatic heterocycles. The number of carbonyl (C=O) groups is 4. The SMILES string of the molecule is CC=CC1(C(=O)OCOC(=O)C(C)(C)C)CS[C@@H]2C(NC(=O)C(=NOC)c3csc(N)n3)C(=O)N2C1. The number of esters is 2. The third kappa shape index (κ3) is 5.64. The summed E-state index contributed by atoms with van der Waals surface area (Å²) < 4.78 is 10.3. The van der Waals surface area contributed by atoms with Gasteiger partial charge in [-0.3, -0.25) is 19.2 Å². The quantitative estimate of drug-likeness (QED) is 0.122. The number of amides is 2. The molecule has 2 amide bonds. The van der Waals surface area contributed by atoms with Gasteiger partial charge in [0.05, 0.1) is 5.41 Å². The van der Waals surface area contributed by atoms with Gasteiger partial charge in [0.1, 0.15) is 29.6 Å². The molecule has 12 nitrogen and oxygen atoms in total. The van der Waals surface area contributed by atoms with Crippen molar-refractivity contribution >= 4 is 57.7 Å². The van der Waals surface area contributed by atoms with Gasteiger partial charge in [-0.05, 0) is 27.7 Å². The molecular weight excluding hydrogens is 510 g/mol. The van der Waals surface area contributed by atoms with Crippen molar-refractivity contribution in [3.05, 3.63) is 23.2 Å². The van der Waals surface area contributed by atoms with E-state index >= 15 is 0 Å². The molecule has 0 radical (unpaired) electrons. The van der Waals surface area contributed by atoms with Crippen LogP contribution >= 0.6 is 23.1 Å². The molecule has 0 bridgehead atoms. The molecule has 2 aliphatic heterocycles. The molecule has 2 fully saturated rings. The Bertz CT molecular complexity index is 1100. The number of fused-ring (bicyclic) bond motifs is 1. The van der Waals surface area contributed by atoms with E-state index in [1.165, 1.54) is 23.8 Å². The summed E-state index contributed by atoms with van der Waals surface area (Å²) >= 11 is 2.48. The fourth-order valence-electron chi connectivity index (χ4n) is 3.60. The Morgan fingerprint density at radius 1 is 1.36 bits per heavy atom. The van der Waals surface area contributed by atoms with Crippen molar-refractivity contribution < 1.29 is 33.5 Å². The summed E-state index contributed by atoms with van der Waals surface area (Å²) in [6.07, 6.45) is 3.39. The zero-order valence-electron chi connectivity index (χ0n) is 20.6. The highest BCUT2D eigenvalue weighted by atomic mass is 32.2. The number of hydrogen-bond acceptors (Lipinski definition) is 12. The van der Waals surface area contributed by atoms with Crippen molar-refractivity contribution in [3.8, 4) is 0 Å². The Balaban J connectivity index is 1.64. The van der Waals surface area contributed by atoms with Crippen LogP contribution in [0.5, 0.6) is 0 Å². The standard InChI is InChI=1S/C22H29N5O7S2/c1-6-7-22(19(31)34-11-33-18(30)21(2,3)4)9-27-16(29)14(17(27)36-10-22)25-15(28)13(26-32-5)12-8-35-20(23)24-12/h6-8,14,17H,9-11H2,1-5H3,(H2,23,24)(H,25,28)/t14?,17-,22?/m1/s1. The van der Waals surface area contributed by atoms with Gasteiger partial charge in [-0.15, -0.1) is 23.1 Å². The number of carbonyl (C=O) groups excluding carboxylic acids is 4. The Morgan fingerprint density at radius 2 is 2.08 bits per heavy atom. The minimum absolute atomic E-state index is 0.0634. The molecule has 2 unspecified atom stereocenters. The van der Waals surface area contributed by atoms with Crippen LogP contribution in [0, 0.1) is 10.8 Å². The molecule has 1 aromatic rings. The second-order valence-electron chi connectivity index (χ2n) is 9.20. The van der Waals surface area contributed by atoms with Crippen molar-refractivity contribution in [2.24, 2.45) is 16.0 Å². The number of anilines is 1. The number of ether oxygens (including phenoxy) is 2. The number of nitrogens with two attached hydrogens (primary N) is 1. The first-order chi connectivity index (χ1) is 16.9. The summed E-state index contributed by atoms with van der Waals surface area (Å²) in [5, 5.41) is 7.85. The minimum Gasteiger partial charge on any atom is -0.427 e. The maximum absolute atomic E-state index is 13.0. The summed E-state index contributed by atoms with van der Waals surface area (Å²) in [7, 11) is 1.29. The molecule has 36 heavy (non-hydrogen) atoms. The van der Waals surface area contributed by atoms with E-state index in [2.05, 4.69) is 15.5 Å². The smallest absolute Gasteiger partial charge is 0.321 e. The van der Waals surface area contributed by atoms with Gasteiger partial charge in [-0.2, -0.15) is 0 Å². The molecule has 196 valence electrons. The lowest BCUT2D eigenvalue weighted by Crippen LogP contribution is -2.74. The molecule has 0 saturated carbocycles. The summed E-state index contributed by atoms with van der Waals surface area (Å²) in [5.74, 6) is -1.79. The highest BCUT2D eigenvalue weighted by Gasteiger charge is 2.57. The minimum atomic E-state index is -1.12. The van der Waals surface area contributed by atoms with E-state index in [0.29, 0.717) is 5.75 Å². The first-order valence-electron chi connectivity index (χ1n) is 11.0. The van der Waals surface area contributed by atoms with E-state index in [-0.39, 0.29) is 34.4 Å². The van der Waals surface area contributed by atoms with E-state index in [1.807, 2.05) is 0 Å². The highest BCUT2D eigenvalue weighted by Crippen LogP contribution is 2.43. The zero-order chi connectivity index (χ0) is 26.7. The number of thiazole rings is 1. The van der Waals surface area contributed by atoms with Crippen LogP contribution in [-0.2, 0) is 33.5 Å². The second-order valence-corrected chi connectivity index (χ2v) is 11.2. The van der Waals surface area contributed by atoms with Crippen LogP contribution in [-0.4, -0.2) is 77.0 Å². The van der Waals surface area contributed by atoms with Gasteiger partial charge in [0, 0.05) is 17.7 Å².